The standard InChI is InChI=1S/C10H23NO2S/c1-3-5-6-8-11-9-7-10-14(12,13)4-2/h11H,3-10H2,1-2H3. The second kappa shape index (κ2) is 8.24. The zero-order valence-electron chi connectivity index (χ0n) is 9.38. The van der Waals surface area contributed by atoms with Gasteiger partial charge in [0.2, 0.25) is 0 Å². The number of rotatable bonds is 9. The molecule has 3 nitrogen and oxygen atoms in total. The van der Waals surface area contributed by atoms with Crippen molar-refractivity contribution >= 4 is 9.84 Å². The summed E-state index contributed by atoms with van der Waals surface area (Å²) < 4.78 is 22.2. The molecule has 0 aliphatic rings. The van der Waals surface area contributed by atoms with Crippen LogP contribution in [0.1, 0.15) is 39.5 Å². The van der Waals surface area contributed by atoms with Gasteiger partial charge in [0.1, 0.15) is 9.84 Å². The first-order valence-corrected chi connectivity index (χ1v) is 7.35. The van der Waals surface area contributed by atoms with Gasteiger partial charge in [0.15, 0.2) is 0 Å². The lowest BCUT2D eigenvalue weighted by Crippen LogP contribution is -2.20. The molecule has 4 heteroatoms. The molecule has 0 aromatic heterocycles. The molecule has 0 heterocycles. The van der Waals surface area contributed by atoms with E-state index in [4.69, 9.17) is 0 Å². The molecule has 14 heavy (non-hydrogen) atoms. The highest BCUT2D eigenvalue weighted by Gasteiger charge is 2.05. The molecule has 0 unspecified atom stereocenters. The van der Waals surface area contributed by atoms with E-state index in [0.29, 0.717) is 5.75 Å². The molecule has 0 saturated heterocycles. The highest BCUT2D eigenvalue weighted by molar-refractivity contribution is 7.91. The quantitative estimate of drug-likeness (QED) is 0.601. The van der Waals surface area contributed by atoms with Crippen LogP contribution in [-0.4, -0.2) is 33.0 Å². The van der Waals surface area contributed by atoms with Crippen LogP contribution in [0, 0.1) is 0 Å². The third-order valence-corrected chi connectivity index (χ3v) is 4.00. The molecule has 0 fully saturated rings. The van der Waals surface area contributed by atoms with Gasteiger partial charge in [0.25, 0.3) is 0 Å². The number of sulfone groups is 1. The summed E-state index contributed by atoms with van der Waals surface area (Å²) in [5.74, 6) is 0.590. The summed E-state index contributed by atoms with van der Waals surface area (Å²) in [6.45, 7) is 5.71. The van der Waals surface area contributed by atoms with Gasteiger partial charge in [-0.25, -0.2) is 8.42 Å². The highest BCUT2D eigenvalue weighted by Crippen LogP contribution is 1.93. The fourth-order valence-electron chi connectivity index (χ4n) is 1.19. The third-order valence-electron chi connectivity index (χ3n) is 2.21. The molecule has 0 radical (unpaired) electrons. The molecule has 0 rings (SSSR count). The van der Waals surface area contributed by atoms with Crippen molar-refractivity contribution in [3.63, 3.8) is 0 Å². The van der Waals surface area contributed by atoms with Crippen molar-refractivity contribution in [2.45, 2.75) is 39.5 Å². The van der Waals surface area contributed by atoms with Gasteiger partial charge in [0.05, 0.1) is 5.75 Å². The summed E-state index contributed by atoms with van der Waals surface area (Å²) in [5, 5.41) is 3.25. The first kappa shape index (κ1) is 13.9. The third kappa shape index (κ3) is 8.51. The monoisotopic (exact) mass is 221 g/mol. The van der Waals surface area contributed by atoms with Crippen LogP contribution >= 0.6 is 0 Å². The van der Waals surface area contributed by atoms with Crippen LogP contribution in [0.4, 0.5) is 0 Å². The van der Waals surface area contributed by atoms with E-state index >= 15 is 0 Å². The fourth-order valence-corrected chi connectivity index (χ4v) is 2.06. The van der Waals surface area contributed by atoms with Crippen LogP contribution in [0.2, 0.25) is 0 Å². The lowest BCUT2D eigenvalue weighted by atomic mass is 10.2. The Morgan fingerprint density at radius 3 is 2.21 bits per heavy atom. The molecule has 86 valence electrons. The predicted molar refractivity (Wildman–Crippen MR) is 61.3 cm³/mol. The van der Waals surface area contributed by atoms with E-state index < -0.39 is 9.84 Å². The SMILES string of the molecule is CCCCCNCCCS(=O)(=O)CC. The van der Waals surface area contributed by atoms with Gasteiger partial charge >= 0.3 is 0 Å². The Bertz CT molecular complexity index is 212. The van der Waals surface area contributed by atoms with Gasteiger partial charge in [-0.15, -0.1) is 0 Å². The molecule has 0 aliphatic carbocycles. The lowest BCUT2D eigenvalue weighted by Gasteiger charge is -2.03. The molecule has 0 amide bonds. The van der Waals surface area contributed by atoms with E-state index in [9.17, 15) is 8.42 Å². The molecule has 1 N–H and O–H groups in total. The minimum absolute atomic E-state index is 0.267. The van der Waals surface area contributed by atoms with Crippen molar-refractivity contribution in [3.8, 4) is 0 Å². The van der Waals surface area contributed by atoms with E-state index in [0.717, 1.165) is 19.5 Å². The number of unbranched alkanes of at least 4 members (excludes halogenated alkanes) is 2. The molecular formula is C10H23NO2S. The maximum absolute atomic E-state index is 11.1. The Hall–Kier alpha value is -0.0900. The largest absolute Gasteiger partial charge is 0.317 e. The first-order valence-electron chi connectivity index (χ1n) is 5.53. The van der Waals surface area contributed by atoms with E-state index in [-0.39, 0.29) is 5.75 Å². The molecular weight excluding hydrogens is 198 g/mol. The molecule has 0 bridgehead atoms. The zero-order chi connectivity index (χ0) is 10.9. The maximum atomic E-state index is 11.1. The molecule has 0 aliphatic heterocycles. The summed E-state index contributed by atoms with van der Waals surface area (Å²) in [4.78, 5) is 0. The zero-order valence-corrected chi connectivity index (χ0v) is 10.2. The highest BCUT2D eigenvalue weighted by atomic mass is 32.2. The topological polar surface area (TPSA) is 46.2 Å². The van der Waals surface area contributed by atoms with Crippen LogP contribution in [0.25, 0.3) is 0 Å². The molecule has 0 atom stereocenters. The summed E-state index contributed by atoms with van der Waals surface area (Å²) in [6, 6.07) is 0. The van der Waals surface area contributed by atoms with Gasteiger partial charge in [-0.1, -0.05) is 26.7 Å². The minimum Gasteiger partial charge on any atom is -0.317 e. The Balaban J connectivity index is 3.22. The number of nitrogens with one attached hydrogen (secondary N) is 1. The molecule has 0 saturated carbocycles. The van der Waals surface area contributed by atoms with Crippen molar-refractivity contribution in [1.82, 2.24) is 5.32 Å². The average molecular weight is 221 g/mol. The predicted octanol–water partition coefficient (Wildman–Crippen LogP) is 1.59. The normalized spacial score (nSPS) is 11.9. The van der Waals surface area contributed by atoms with Crippen LogP contribution in [-0.2, 0) is 9.84 Å². The van der Waals surface area contributed by atoms with Crippen LogP contribution in [0.5, 0.6) is 0 Å². The van der Waals surface area contributed by atoms with Crippen molar-refractivity contribution in [2.75, 3.05) is 24.6 Å². The van der Waals surface area contributed by atoms with Gasteiger partial charge in [-0.3, -0.25) is 0 Å². The fraction of sp³-hybridized carbons (Fsp3) is 1.00. The number of hydrogen-bond acceptors (Lipinski definition) is 3. The van der Waals surface area contributed by atoms with E-state index in [2.05, 4.69) is 12.2 Å². The first-order chi connectivity index (χ1) is 6.62. The second-order valence-electron chi connectivity index (χ2n) is 3.55. The van der Waals surface area contributed by atoms with Crippen molar-refractivity contribution in [2.24, 2.45) is 0 Å². The Kier molecular flexibility index (Phi) is 8.18. The van der Waals surface area contributed by atoms with E-state index in [1.807, 2.05) is 0 Å². The van der Waals surface area contributed by atoms with Crippen LogP contribution in [0.15, 0.2) is 0 Å². The van der Waals surface area contributed by atoms with Crippen LogP contribution < -0.4 is 5.32 Å². The van der Waals surface area contributed by atoms with Crippen molar-refractivity contribution < 1.29 is 8.42 Å². The van der Waals surface area contributed by atoms with Crippen LogP contribution in [0.3, 0.4) is 0 Å². The Labute approximate surface area is 88.2 Å². The van der Waals surface area contributed by atoms with Gasteiger partial charge in [-0.05, 0) is 25.9 Å². The molecule has 0 spiro atoms. The average Bonchev–Trinajstić information content (AvgIpc) is 2.16. The Morgan fingerprint density at radius 2 is 1.64 bits per heavy atom. The summed E-state index contributed by atoms with van der Waals surface area (Å²) >= 11 is 0. The molecule has 0 aromatic carbocycles. The van der Waals surface area contributed by atoms with Gasteiger partial charge in [-0.2, -0.15) is 0 Å². The minimum atomic E-state index is -2.76. The van der Waals surface area contributed by atoms with Gasteiger partial charge in [0, 0.05) is 5.75 Å². The van der Waals surface area contributed by atoms with E-state index in [1.165, 1.54) is 19.3 Å². The Morgan fingerprint density at radius 1 is 1.00 bits per heavy atom. The summed E-state index contributed by atoms with van der Waals surface area (Å²) in [7, 11) is -2.76. The molecule has 0 aromatic rings. The summed E-state index contributed by atoms with van der Waals surface area (Å²) in [5.41, 5.74) is 0. The maximum Gasteiger partial charge on any atom is 0.150 e. The smallest absolute Gasteiger partial charge is 0.150 e. The van der Waals surface area contributed by atoms with Gasteiger partial charge < -0.3 is 5.32 Å². The summed E-state index contributed by atoms with van der Waals surface area (Å²) in [6.07, 6.45) is 4.41. The second-order valence-corrected chi connectivity index (χ2v) is 6.02. The van der Waals surface area contributed by atoms with Crippen molar-refractivity contribution in [3.05, 3.63) is 0 Å². The van der Waals surface area contributed by atoms with E-state index in [1.54, 1.807) is 6.92 Å². The van der Waals surface area contributed by atoms with Crippen molar-refractivity contribution in [1.29, 1.82) is 0 Å². The lowest BCUT2D eigenvalue weighted by molar-refractivity contribution is 0.584. The number of hydrogen-bond donors (Lipinski definition) is 1.